The number of hydrogen-bond acceptors (Lipinski definition) is 18. The van der Waals surface area contributed by atoms with E-state index >= 15 is 0 Å². The number of nitrogens with zero attached hydrogens (tertiary/aromatic N) is 4. The molecule has 4 rings (SSSR count). The number of nitrogens with one attached hydrogen (secondary N) is 2. The first kappa shape index (κ1) is 49.1. The van der Waals surface area contributed by atoms with Gasteiger partial charge in [-0.15, -0.1) is 0 Å². The monoisotopic (exact) mass is 895 g/mol. The summed E-state index contributed by atoms with van der Waals surface area (Å²) >= 11 is 1.02. The number of carbonyl (C=O) groups excluding carboxylic acids is 3. The minimum atomic E-state index is -5.57. The number of phosphoric acid groups is 3. The van der Waals surface area contributed by atoms with Gasteiger partial charge in [0.15, 0.2) is 17.7 Å². The van der Waals surface area contributed by atoms with Crippen molar-refractivity contribution in [2.24, 2.45) is 5.41 Å². The third-order valence-corrected chi connectivity index (χ3v) is 11.8. The van der Waals surface area contributed by atoms with Crippen LogP contribution in [0.25, 0.3) is 11.2 Å². The van der Waals surface area contributed by atoms with Gasteiger partial charge in [-0.3, -0.25) is 32.5 Å². The number of carbonyl (C=O) groups is 3. The number of nitrogen functional groups attached to an aromatic ring is 1. The van der Waals surface area contributed by atoms with Crippen LogP contribution in [0.1, 0.15) is 38.3 Å². The van der Waals surface area contributed by atoms with E-state index in [1.54, 1.807) is 30.3 Å². The number of amides is 2. The zero-order chi connectivity index (χ0) is 41.5. The van der Waals surface area contributed by atoms with Crippen molar-refractivity contribution in [3.8, 4) is 0 Å². The third kappa shape index (κ3) is 14.5. The summed E-state index contributed by atoms with van der Waals surface area (Å²) in [6.45, 7) is 0.448. The van der Waals surface area contributed by atoms with Crippen molar-refractivity contribution >= 4 is 69.1 Å². The van der Waals surface area contributed by atoms with E-state index in [1.807, 2.05) is 0 Å². The zero-order valence-electron chi connectivity index (χ0n) is 31.5. The van der Waals surface area contributed by atoms with E-state index in [2.05, 4.69) is 34.4 Å². The van der Waals surface area contributed by atoms with Crippen molar-refractivity contribution < 1.29 is 111 Å². The summed E-state index contributed by atoms with van der Waals surface area (Å²) in [5, 5.41) is 26.2. The Labute approximate surface area is 351 Å². The van der Waals surface area contributed by atoms with Crippen molar-refractivity contribution in [1.82, 2.24) is 30.2 Å². The van der Waals surface area contributed by atoms with Gasteiger partial charge in [-0.25, -0.2) is 28.6 Å². The van der Waals surface area contributed by atoms with E-state index in [4.69, 9.17) is 19.5 Å². The number of aromatic nitrogens is 4. The summed E-state index contributed by atoms with van der Waals surface area (Å²) < 4.78 is 62.1. The standard InChI is InChI=1S/C28H40N7O17P3S.Na.H/c1-28(2,22(38)25(39)31-9-8-18(36)30-10-11-56-27(40)16-6-4-3-5-7-16)13-49-55(46,47)52-54(44,45)48-12-17-21(51-53(41,42)43)20(37)26(50-17)35-15-34-19-23(29)32-14-33-24(19)35;;/h3-7,14-15,17,20-22,26,37-38H,8-13H2,1-2H3,(H,30,36)(H,31,39)(H,44,45)(H,46,47)(H2,29,32,33)(H2,41,42,43);;/q;+1;-1/t17-,20-,21-,22+,26-;;/m1../s1. The van der Waals surface area contributed by atoms with Gasteiger partial charge in [0.2, 0.25) is 16.9 Å². The second kappa shape index (κ2) is 20.8. The van der Waals surface area contributed by atoms with Crippen molar-refractivity contribution in [2.75, 3.05) is 37.8 Å². The van der Waals surface area contributed by atoms with Crippen LogP contribution in [0.3, 0.4) is 0 Å². The van der Waals surface area contributed by atoms with Crippen LogP contribution in [0.4, 0.5) is 5.82 Å². The zero-order valence-corrected chi connectivity index (χ0v) is 36.0. The molecule has 1 aliphatic heterocycles. The second-order valence-electron chi connectivity index (χ2n) is 12.6. The Morgan fingerprint density at radius 1 is 1.04 bits per heavy atom. The van der Waals surface area contributed by atoms with E-state index in [9.17, 15) is 57.9 Å². The molecule has 7 atom stereocenters. The van der Waals surface area contributed by atoms with Gasteiger partial charge in [0.05, 0.1) is 19.5 Å². The third-order valence-electron chi connectivity index (χ3n) is 7.74. The molecule has 2 unspecified atom stereocenters. The molecular weight excluding hydrogens is 854 g/mol. The van der Waals surface area contributed by atoms with Crippen LogP contribution in [-0.4, -0.2) is 123 Å². The van der Waals surface area contributed by atoms with E-state index in [0.717, 1.165) is 29.0 Å². The molecule has 24 nitrogen and oxygen atoms in total. The van der Waals surface area contributed by atoms with Crippen LogP contribution < -0.4 is 45.9 Å². The van der Waals surface area contributed by atoms with E-state index < -0.39 is 84.6 Å². The molecular formula is C28H41N7NaO17P3S. The molecule has 1 saturated heterocycles. The van der Waals surface area contributed by atoms with Gasteiger partial charge < -0.3 is 52.3 Å². The topological polar surface area (TPSA) is 364 Å². The quantitative estimate of drug-likeness (QED) is 0.0312. The van der Waals surface area contributed by atoms with Gasteiger partial charge in [-0.1, -0.05) is 55.9 Å². The normalized spacial score (nSPS) is 21.2. The van der Waals surface area contributed by atoms with Gasteiger partial charge in [-0.2, -0.15) is 4.31 Å². The number of anilines is 1. The number of imidazole rings is 1. The summed E-state index contributed by atoms with van der Waals surface area (Å²) in [7, 11) is -16.4. The van der Waals surface area contributed by atoms with Crippen LogP contribution in [0, 0.1) is 5.41 Å². The minimum absolute atomic E-state index is 0. The average molecular weight is 896 g/mol. The van der Waals surface area contributed by atoms with Crippen molar-refractivity contribution in [1.29, 1.82) is 0 Å². The van der Waals surface area contributed by atoms with Crippen molar-refractivity contribution in [3.05, 3.63) is 48.5 Å². The maximum absolute atomic E-state index is 12.7. The molecule has 2 amide bonds. The Morgan fingerprint density at radius 3 is 2.37 bits per heavy atom. The van der Waals surface area contributed by atoms with Crippen LogP contribution in [0.5, 0.6) is 0 Å². The number of aliphatic hydroxyl groups excluding tert-OH is 2. The molecule has 3 aromatic rings. The molecule has 10 N–H and O–H groups in total. The van der Waals surface area contributed by atoms with Crippen LogP contribution in [0.15, 0.2) is 43.0 Å². The van der Waals surface area contributed by atoms with Gasteiger partial charge in [0.25, 0.3) is 0 Å². The summed E-state index contributed by atoms with van der Waals surface area (Å²) in [6, 6.07) is 8.58. The van der Waals surface area contributed by atoms with Gasteiger partial charge in [0, 0.05) is 36.2 Å². The summed E-state index contributed by atoms with van der Waals surface area (Å²) in [6.07, 6.45) is -6.94. The predicted molar refractivity (Wildman–Crippen MR) is 194 cm³/mol. The smallest absolute Gasteiger partial charge is 1.00 e. The first-order chi connectivity index (χ1) is 26.1. The van der Waals surface area contributed by atoms with E-state index in [0.29, 0.717) is 11.3 Å². The number of thioether (sulfide) groups is 1. The first-order valence-corrected chi connectivity index (χ1v) is 21.7. The van der Waals surface area contributed by atoms with E-state index in [1.165, 1.54) is 13.8 Å². The number of ether oxygens (including phenoxy) is 1. The fourth-order valence-corrected chi connectivity index (χ4v) is 8.45. The van der Waals surface area contributed by atoms with Crippen LogP contribution in [-0.2, 0) is 45.9 Å². The van der Waals surface area contributed by atoms with Gasteiger partial charge >= 0.3 is 53.0 Å². The Hall–Kier alpha value is -2.22. The molecule has 1 aliphatic rings. The largest absolute Gasteiger partial charge is 1.00 e. The van der Waals surface area contributed by atoms with Crippen molar-refractivity contribution in [3.63, 3.8) is 0 Å². The summed E-state index contributed by atoms with van der Waals surface area (Å²) in [4.78, 5) is 87.7. The van der Waals surface area contributed by atoms with Crippen molar-refractivity contribution in [2.45, 2.75) is 50.9 Å². The Bertz CT molecular complexity index is 2020. The molecule has 3 heterocycles. The Balaban J connectivity index is 0.00000580. The molecule has 0 bridgehead atoms. The molecule has 0 saturated carbocycles. The van der Waals surface area contributed by atoms with Gasteiger partial charge in [0.1, 0.15) is 36.3 Å². The second-order valence-corrected chi connectivity index (χ2v) is 17.9. The molecule has 0 aliphatic carbocycles. The number of hydrogen-bond donors (Lipinski definition) is 9. The molecule has 2 aromatic heterocycles. The number of phosphoric ester groups is 3. The molecule has 0 spiro atoms. The minimum Gasteiger partial charge on any atom is -1.00 e. The SMILES string of the molecule is CC(C)(COP(=O)(O)OP(=O)(O)OC[C@H]1O[C@@H](n2cnc3c(N)ncnc32)[C@H](O)[C@@H]1OP(=O)(O)O)[C@@H](O)C(=O)NCCC(=O)NCCSC(=O)c1ccccc1.[H-].[Na+]. The van der Waals surface area contributed by atoms with Crippen LogP contribution >= 0.6 is 35.2 Å². The predicted octanol–water partition coefficient (Wildman–Crippen LogP) is -2.90. The van der Waals surface area contributed by atoms with Crippen LogP contribution in [0.2, 0.25) is 0 Å². The fourth-order valence-electron chi connectivity index (χ4n) is 4.93. The van der Waals surface area contributed by atoms with E-state index in [-0.39, 0.29) is 72.6 Å². The number of nitrogens with two attached hydrogens (primary N) is 1. The molecule has 312 valence electrons. The molecule has 29 heteroatoms. The number of rotatable bonds is 20. The molecule has 1 aromatic carbocycles. The molecule has 0 radical (unpaired) electrons. The average Bonchev–Trinajstić information content (AvgIpc) is 3.68. The maximum atomic E-state index is 12.7. The number of aliphatic hydroxyl groups is 2. The number of benzene rings is 1. The maximum Gasteiger partial charge on any atom is 1.00 e. The molecule has 1 fully saturated rings. The number of fused-ring (bicyclic) bond motifs is 1. The molecule has 57 heavy (non-hydrogen) atoms. The fraction of sp³-hybridized carbons (Fsp3) is 0.500. The Morgan fingerprint density at radius 2 is 1.70 bits per heavy atom. The van der Waals surface area contributed by atoms with Gasteiger partial charge in [-0.05, 0) is 0 Å². The first-order valence-electron chi connectivity index (χ1n) is 16.2. The Kier molecular flexibility index (Phi) is 18.0. The summed E-state index contributed by atoms with van der Waals surface area (Å²) in [5.41, 5.74) is 4.78. The summed E-state index contributed by atoms with van der Waals surface area (Å²) in [5.74, 6) is -1.17.